The molecule has 2 aromatic rings. The Labute approximate surface area is 568 Å². The van der Waals surface area contributed by atoms with Gasteiger partial charge in [0.25, 0.3) is 20.0 Å². The first-order chi connectivity index (χ1) is 26.7. The number of rotatable bonds is 2. The Morgan fingerprint density at radius 3 is 1.36 bits per heavy atom. The van der Waals surface area contributed by atoms with Gasteiger partial charge in [0.15, 0.2) is 0 Å². The largest absolute Gasteiger partial charge is 0.444 e. The third-order valence-electron chi connectivity index (χ3n) is 9.31. The van der Waals surface area contributed by atoms with E-state index in [1.165, 1.54) is 44.4 Å². The van der Waals surface area contributed by atoms with Crippen LogP contribution in [-0.4, -0.2) is 98.9 Å². The average Bonchev–Trinajstić information content (AvgIpc) is 3.10. The fraction of sp³-hybridized carbons (Fsp3) is 0.568. The summed E-state index contributed by atoms with van der Waals surface area (Å²) in [5.74, 6) is -1.79. The number of nitrogens with two attached hydrogens (primary N) is 1. The van der Waals surface area contributed by atoms with Crippen LogP contribution in [0, 0.1) is 11.6 Å². The number of sulfonamides is 2. The van der Waals surface area contributed by atoms with Gasteiger partial charge in [0, 0.05) is 272 Å². The second-order valence-corrected chi connectivity index (χ2v) is 20.9. The maximum absolute atomic E-state index is 14.8. The van der Waals surface area contributed by atoms with Crippen molar-refractivity contribution in [3.8, 4) is 0 Å². The number of hydrogen-bond acceptors (Lipinski definition) is 13. The van der Waals surface area contributed by atoms with Gasteiger partial charge in [-0.05, 0) is 104 Å². The van der Waals surface area contributed by atoms with Crippen LogP contribution in [0.5, 0.6) is 0 Å². The van der Waals surface area contributed by atoms with Crippen LogP contribution in [0.25, 0.3) is 0 Å². The molecule has 0 spiro atoms. The van der Waals surface area contributed by atoms with Crippen molar-refractivity contribution in [2.45, 2.75) is 108 Å². The van der Waals surface area contributed by atoms with Gasteiger partial charge < -0.3 is 24.7 Å². The van der Waals surface area contributed by atoms with Crippen molar-refractivity contribution >= 4 is 65.8 Å². The van der Waals surface area contributed by atoms with E-state index in [0.29, 0.717) is 17.3 Å². The zero-order chi connectivity index (χ0) is 43.2. The number of nitrogens with one attached hydrogen (secondary N) is 2. The minimum absolute atomic E-state index is 0. The molecule has 4 aliphatic rings. The van der Waals surface area contributed by atoms with E-state index in [0.717, 1.165) is 14.7 Å². The van der Waals surface area contributed by atoms with Crippen molar-refractivity contribution in [1.82, 2.24) is 19.2 Å². The van der Waals surface area contributed by atoms with Crippen molar-refractivity contribution in [1.29, 1.82) is 0 Å². The second kappa shape index (κ2) is 34.3. The molecule has 69 heavy (non-hydrogen) atoms. The number of guanidine groups is 2. The van der Waals surface area contributed by atoms with Crippen molar-refractivity contribution in [3.63, 3.8) is 0 Å². The molecule has 4 atom stereocenters. The van der Waals surface area contributed by atoms with Crippen LogP contribution >= 0.6 is 15.9 Å². The summed E-state index contributed by atoms with van der Waals surface area (Å²) in [4.78, 5) is 33.5. The molecule has 32 heteroatoms. The summed E-state index contributed by atoms with van der Waals surface area (Å²) in [6.07, 6.45) is -0.379. The number of amides is 2. The number of fused-ring (bicyclic) bond motifs is 2. The Morgan fingerprint density at radius 2 is 1.01 bits per heavy atom. The molecule has 2 amide bonds. The molecule has 0 bridgehead atoms. The van der Waals surface area contributed by atoms with Gasteiger partial charge in [-0.1, -0.05) is 23.4 Å². The quantitative estimate of drug-likeness (QED) is 0.249. The van der Waals surface area contributed by atoms with Gasteiger partial charge in [0.05, 0.1) is 0 Å². The maximum atomic E-state index is 14.8. The van der Waals surface area contributed by atoms with Crippen molar-refractivity contribution in [2.75, 3.05) is 33.0 Å². The first-order valence-corrected chi connectivity index (χ1v) is 21.9. The van der Waals surface area contributed by atoms with Gasteiger partial charge in [0.1, 0.15) is 33.9 Å². The SMILES string of the molecule is C.CN1C(NC(=O)OC(C)(C)C)=N[C@@]2(c3cc(Br)ccc3F)CCCOC2S1(=O)=O.CN1C(NC(=O)OC(C)(C)C)=N[C@@]2(c3cc(N)ccc3F)CCCOC2S1(=O)=O.[Ag].[Ag].[Ag].[Ag].[Ag].[Ag].[Ag].[Ag].[Ag].[Ag]. The summed E-state index contributed by atoms with van der Waals surface area (Å²) in [7, 11) is -5.75. The summed E-state index contributed by atoms with van der Waals surface area (Å²) in [6.45, 7) is 10.4. The summed E-state index contributed by atoms with van der Waals surface area (Å²) in [5.41, 5.74) is -1.42. The minimum atomic E-state index is -4.13. The molecule has 2 aromatic carbocycles. The van der Waals surface area contributed by atoms with E-state index in [-0.39, 0.29) is 286 Å². The van der Waals surface area contributed by atoms with Crippen LogP contribution in [-0.2, 0) is 274 Å². The van der Waals surface area contributed by atoms with Crippen LogP contribution in [0.4, 0.5) is 24.1 Å². The second-order valence-electron chi connectivity index (χ2n) is 16.0. The number of halogens is 3. The first kappa shape index (κ1) is 86.2. The Morgan fingerprint density at radius 1 is 0.681 bits per heavy atom. The molecule has 10 radical (unpaired) electrons. The van der Waals surface area contributed by atoms with Crippen LogP contribution < -0.4 is 16.4 Å². The molecule has 2 unspecified atom stereocenters. The molecule has 4 heterocycles. The molecular formula is C37H52Ag10BrF2N7O10S2. The van der Waals surface area contributed by atoms with E-state index in [9.17, 15) is 35.2 Å². The number of nitrogen functional groups attached to an aromatic ring is 1. The molecule has 6 rings (SSSR count). The Kier molecular flexibility index (Phi) is 42.9. The predicted molar refractivity (Wildman–Crippen MR) is 220 cm³/mol. The van der Waals surface area contributed by atoms with E-state index in [2.05, 4.69) is 36.5 Å². The average molecular weight is 2020 g/mol. The summed E-state index contributed by atoms with van der Waals surface area (Å²) < 4.78 is 106. The zero-order valence-corrected chi connectivity index (χ0v) is 54.3. The fourth-order valence-electron chi connectivity index (χ4n) is 6.86. The Bertz CT molecular complexity index is 2120. The molecule has 0 aromatic heterocycles. The predicted octanol–water partition coefficient (Wildman–Crippen LogP) is 5.58. The fourth-order valence-corrected chi connectivity index (χ4v) is 10.6. The van der Waals surface area contributed by atoms with E-state index in [1.807, 2.05) is 0 Å². The number of nitrogens with zero attached hydrogens (tertiary/aromatic N) is 4. The topological polar surface area (TPSA) is 221 Å². The van der Waals surface area contributed by atoms with E-state index in [1.54, 1.807) is 41.5 Å². The molecule has 4 N–H and O–H groups in total. The molecule has 0 aliphatic carbocycles. The smallest absolute Gasteiger partial charge is 0.414 e. The number of ether oxygens (including phenoxy) is 4. The number of alkyl carbamates (subject to hydrolysis) is 2. The van der Waals surface area contributed by atoms with Gasteiger partial charge >= 0.3 is 12.2 Å². The number of carbonyl (C=O) groups is 2. The molecule has 2 fully saturated rings. The van der Waals surface area contributed by atoms with Gasteiger partial charge in [-0.15, -0.1) is 0 Å². The number of benzene rings is 2. The normalized spacial score (nSPS) is 22.1. The minimum Gasteiger partial charge on any atom is -0.444 e. The number of carbonyl (C=O) groups excluding carboxylic acids is 2. The molecule has 2 saturated heterocycles. The van der Waals surface area contributed by atoms with Crippen LogP contribution in [0.1, 0.15) is 85.8 Å². The summed E-state index contributed by atoms with van der Waals surface area (Å²) in [6, 6.07) is 8.13. The molecule has 438 valence electrons. The Hall–Kier alpha value is 3.28. The van der Waals surface area contributed by atoms with Crippen LogP contribution in [0.2, 0.25) is 0 Å². The van der Waals surface area contributed by atoms with Gasteiger partial charge in [-0.3, -0.25) is 10.6 Å². The number of anilines is 1. The van der Waals surface area contributed by atoms with Gasteiger partial charge in [-0.25, -0.2) is 53.8 Å². The third-order valence-corrected chi connectivity index (χ3v) is 13.8. The van der Waals surface area contributed by atoms with E-state index >= 15 is 0 Å². The zero-order valence-electron chi connectivity index (χ0n) is 36.3. The van der Waals surface area contributed by atoms with Crippen molar-refractivity contribution in [3.05, 3.63) is 63.6 Å². The number of hydrogen-bond donors (Lipinski definition) is 3. The molecule has 17 nitrogen and oxygen atoms in total. The molecular weight excluding hydrogens is 1960 g/mol. The monoisotopic (exact) mass is 2000 g/mol. The van der Waals surface area contributed by atoms with Crippen LogP contribution in [0.3, 0.4) is 0 Å². The Balaban J connectivity index is -0.000000192. The summed E-state index contributed by atoms with van der Waals surface area (Å²) >= 11 is 3.30. The standard InChI is InChI=1S/C18H23BrFN3O5S.C18H25FN4O5S.CH4.10Ag/c1-17(2,3)28-16(24)21-15-22-18(12-10-11(19)6-7-13(12)20)8-5-9-27-14(18)29(25,26)23(15)4;1-17(2,3)28-16(24)21-15-22-18(12-10-11(20)6-7-13(12)19)8-5-9-27-14(18)29(25,26)23(15)4;;;;;;;;;;;/h6-7,10,14H,5,8-9H2,1-4H3,(H,21,22,24);6-7,10,14H,5,8-9,20H2,1-4H3,(H,21,22,24);1H4;;;;;;;;;;/t2*14?,18-;;;;;;;;;;;/m11.........../s1. The number of aliphatic imine (C=N–C) groups is 2. The van der Waals surface area contributed by atoms with Gasteiger partial charge in [0.2, 0.25) is 22.8 Å². The first-order valence-electron chi connectivity index (χ1n) is 18.1. The maximum Gasteiger partial charge on any atom is 0.414 e. The van der Waals surface area contributed by atoms with Crippen molar-refractivity contribution < 1.29 is 278 Å². The summed E-state index contributed by atoms with van der Waals surface area (Å²) in [5, 5.41) is 4.76. The van der Waals surface area contributed by atoms with Crippen molar-refractivity contribution in [2.24, 2.45) is 9.98 Å². The van der Waals surface area contributed by atoms with E-state index < -0.39 is 77.0 Å². The molecule has 4 aliphatic heterocycles. The van der Waals surface area contributed by atoms with Gasteiger partial charge in [-0.2, -0.15) is 0 Å². The van der Waals surface area contributed by atoms with E-state index in [4.69, 9.17) is 24.7 Å². The van der Waals surface area contributed by atoms with Crippen LogP contribution in [0.15, 0.2) is 50.9 Å². The molecule has 0 saturated carbocycles. The third kappa shape index (κ3) is 20.5.